The van der Waals surface area contributed by atoms with E-state index in [1.54, 1.807) is 6.08 Å². The van der Waals surface area contributed by atoms with Crippen LogP contribution in [-0.4, -0.2) is 23.2 Å². The summed E-state index contributed by atoms with van der Waals surface area (Å²) in [6.07, 6.45) is 3.06. The average molecular weight is 277 g/mol. The molecule has 0 fully saturated rings. The van der Waals surface area contributed by atoms with Gasteiger partial charge in [0.05, 0.1) is 0 Å². The fourth-order valence-electron chi connectivity index (χ4n) is 2.40. The maximum Gasteiger partial charge on any atom is 0.269 e. The summed E-state index contributed by atoms with van der Waals surface area (Å²) in [5.41, 5.74) is 0.925. The number of hydrogen-bond donors (Lipinski definition) is 1. The molecule has 0 aliphatic carbocycles. The predicted molar refractivity (Wildman–Crippen MR) is 85.0 cm³/mol. The van der Waals surface area contributed by atoms with Crippen LogP contribution in [-0.2, 0) is 4.79 Å². The molecule has 104 valence electrons. The van der Waals surface area contributed by atoms with Gasteiger partial charge in [-0.05, 0) is 39.3 Å². The zero-order valence-corrected chi connectivity index (χ0v) is 11.7. The largest absolute Gasteiger partial charge is 0.286 e. The molecule has 0 aromatic heterocycles. The third-order valence-electron chi connectivity index (χ3n) is 3.51. The van der Waals surface area contributed by atoms with Gasteiger partial charge in [-0.25, -0.2) is 5.06 Å². The van der Waals surface area contributed by atoms with Gasteiger partial charge in [0.2, 0.25) is 0 Å². The Kier molecular flexibility index (Phi) is 3.42. The first kappa shape index (κ1) is 13.3. The van der Waals surface area contributed by atoms with Crippen LogP contribution in [0.25, 0.3) is 27.6 Å². The van der Waals surface area contributed by atoms with E-state index in [1.807, 2.05) is 24.3 Å². The van der Waals surface area contributed by atoms with Crippen molar-refractivity contribution in [1.29, 1.82) is 0 Å². The molecule has 0 heterocycles. The Hall–Kier alpha value is -2.65. The fraction of sp³-hybridized carbons (Fsp3) is 0.0556. The summed E-state index contributed by atoms with van der Waals surface area (Å²) >= 11 is 0. The highest BCUT2D eigenvalue weighted by atomic mass is 16.5. The van der Waals surface area contributed by atoms with Gasteiger partial charge in [-0.2, -0.15) is 0 Å². The van der Waals surface area contributed by atoms with E-state index in [-0.39, 0.29) is 0 Å². The van der Waals surface area contributed by atoms with Crippen LogP contribution in [0.1, 0.15) is 5.56 Å². The molecule has 3 heteroatoms. The standard InChI is InChI=1S/C18H15NO2/c1-19(21)18(20)11-7-13-6-8-15-10-9-14-4-2-3-5-16(14)17(15)12-13/h2-12,21H,1H3. The number of hydrogen-bond acceptors (Lipinski definition) is 2. The van der Waals surface area contributed by atoms with Gasteiger partial charge in [0.15, 0.2) is 0 Å². The summed E-state index contributed by atoms with van der Waals surface area (Å²) in [5, 5.41) is 14.3. The fourth-order valence-corrected chi connectivity index (χ4v) is 2.40. The number of amides is 1. The highest BCUT2D eigenvalue weighted by Gasteiger charge is 2.02. The molecule has 1 N–H and O–H groups in total. The molecule has 3 aromatic rings. The molecule has 0 aliphatic heterocycles. The summed E-state index contributed by atoms with van der Waals surface area (Å²) in [7, 11) is 1.31. The molecule has 0 aliphatic rings. The molecule has 3 rings (SSSR count). The summed E-state index contributed by atoms with van der Waals surface area (Å²) in [5.74, 6) is -0.451. The second-order valence-corrected chi connectivity index (χ2v) is 4.96. The minimum absolute atomic E-state index is 0.451. The quantitative estimate of drug-likeness (QED) is 0.334. The van der Waals surface area contributed by atoms with E-state index in [4.69, 9.17) is 5.21 Å². The third kappa shape index (κ3) is 2.64. The molecule has 21 heavy (non-hydrogen) atoms. The molecular weight excluding hydrogens is 262 g/mol. The monoisotopic (exact) mass is 277 g/mol. The summed E-state index contributed by atoms with van der Waals surface area (Å²) < 4.78 is 0. The first-order valence-electron chi connectivity index (χ1n) is 6.71. The first-order valence-corrected chi connectivity index (χ1v) is 6.71. The van der Waals surface area contributed by atoms with Crippen molar-refractivity contribution in [3.05, 3.63) is 66.2 Å². The number of hydroxylamine groups is 2. The lowest BCUT2D eigenvalue weighted by Crippen LogP contribution is -2.19. The molecule has 3 nitrogen and oxygen atoms in total. The molecule has 0 bridgehead atoms. The lowest BCUT2D eigenvalue weighted by atomic mass is 10.00. The van der Waals surface area contributed by atoms with Gasteiger partial charge in [0, 0.05) is 13.1 Å². The number of carbonyl (C=O) groups is 1. The smallest absolute Gasteiger partial charge is 0.269 e. The highest BCUT2D eigenvalue weighted by Crippen LogP contribution is 2.26. The maximum atomic E-state index is 11.4. The van der Waals surface area contributed by atoms with Crippen LogP contribution in [0.15, 0.2) is 60.7 Å². The predicted octanol–water partition coefficient (Wildman–Crippen LogP) is 3.85. The first-order chi connectivity index (χ1) is 10.1. The van der Waals surface area contributed by atoms with Crippen molar-refractivity contribution in [1.82, 2.24) is 5.06 Å². The number of nitrogens with zero attached hydrogens (tertiary/aromatic N) is 1. The van der Waals surface area contributed by atoms with Crippen LogP contribution in [0.4, 0.5) is 0 Å². The van der Waals surface area contributed by atoms with Gasteiger partial charge in [-0.1, -0.05) is 48.5 Å². The summed E-state index contributed by atoms with van der Waals surface area (Å²) in [6.45, 7) is 0. The highest BCUT2D eigenvalue weighted by molar-refractivity contribution is 6.08. The van der Waals surface area contributed by atoms with E-state index >= 15 is 0 Å². The second kappa shape index (κ2) is 5.38. The number of benzene rings is 3. The van der Waals surface area contributed by atoms with Crippen molar-refractivity contribution in [2.75, 3.05) is 7.05 Å². The number of rotatable bonds is 2. The van der Waals surface area contributed by atoms with E-state index in [0.29, 0.717) is 5.06 Å². The Balaban J connectivity index is 2.10. The summed E-state index contributed by atoms with van der Waals surface area (Å²) in [4.78, 5) is 11.4. The van der Waals surface area contributed by atoms with Gasteiger partial charge in [-0.3, -0.25) is 10.0 Å². The van der Waals surface area contributed by atoms with E-state index in [2.05, 4.69) is 30.3 Å². The minimum Gasteiger partial charge on any atom is -0.286 e. The van der Waals surface area contributed by atoms with E-state index in [9.17, 15) is 4.79 Å². The van der Waals surface area contributed by atoms with Crippen molar-refractivity contribution < 1.29 is 10.0 Å². The van der Waals surface area contributed by atoms with Gasteiger partial charge in [0.1, 0.15) is 0 Å². The number of likely N-dealkylation sites (N-methyl/N-ethyl adjacent to an activating group) is 1. The van der Waals surface area contributed by atoms with Crippen LogP contribution >= 0.6 is 0 Å². The van der Waals surface area contributed by atoms with E-state index in [0.717, 1.165) is 16.3 Å². The van der Waals surface area contributed by atoms with Gasteiger partial charge in [-0.15, -0.1) is 0 Å². The molecule has 0 spiro atoms. The van der Waals surface area contributed by atoms with Crippen molar-refractivity contribution in [3.63, 3.8) is 0 Å². The Morgan fingerprint density at radius 1 is 1.00 bits per heavy atom. The van der Waals surface area contributed by atoms with Crippen LogP contribution in [0.2, 0.25) is 0 Å². The molecule has 0 radical (unpaired) electrons. The van der Waals surface area contributed by atoms with Crippen LogP contribution in [0.5, 0.6) is 0 Å². The number of fused-ring (bicyclic) bond motifs is 3. The Morgan fingerprint density at radius 3 is 2.43 bits per heavy atom. The normalized spacial score (nSPS) is 11.3. The SMILES string of the molecule is CN(O)C(=O)C=Cc1ccc2ccc3ccccc3c2c1. The number of carbonyl (C=O) groups excluding carboxylic acids is 1. The Morgan fingerprint density at radius 2 is 1.67 bits per heavy atom. The topological polar surface area (TPSA) is 40.5 Å². The zero-order valence-electron chi connectivity index (χ0n) is 11.7. The Bertz CT molecular complexity index is 850. The van der Waals surface area contributed by atoms with Crippen molar-refractivity contribution in [2.45, 2.75) is 0 Å². The van der Waals surface area contributed by atoms with Crippen LogP contribution in [0, 0.1) is 0 Å². The van der Waals surface area contributed by atoms with Crippen molar-refractivity contribution in [2.24, 2.45) is 0 Å². The van der Waals surface area contributed by atoms with Crippen LogP contribution in [0.3, 0.4) is 0 Å². The average Bonchev–Trinajstić information content (AvgIpc) is 2.52. The van der Waals surface area contributed by atoms with Crippen molar-refractivity contribution >= 4 is 33.5 Å². The van der Waals surface area contributed by atoms with Crippen LogP contribution < -0.4 is 0 Å². The molecular formula is C18H15NO2. The lowest BCUT2D eigenvalue weighted by Gasteiger charge is -2.06. The maximum absolute atomic E-state index is 11.4. The minimum atomic E-state index is -0.451. The summed E-state index contributed by atoms with van der Waals surface area (Å²) in [6, 6.07) is 18.5. The van der Waals surface area contributed by atoms with Gasteiger partial charge >= 0.3 is 0 Å². The second-order valence-electron chi connectivity index (χ2n) is 4.96. The van der Waals surface area contributed by atoms with Gasteiger partial charge < -0.3 is 0 Å². The lowest BCUT2D eigenvalue weighted by molar-refractivity contribution is -0.153. The van der Waals surface area contributed by atoms with E-state index in [1.165, 1.54) is 23.9 Å². The molecule has 0 unspecified atom stereocenters. The molecule has 0 saturated heterocycles. The Labute approximate surface area is 122 Å². The third-order valence-corrected chi connectivity index (χ3v) is 3.51. The van der Waals surface area contributed by atoms with E-state index < -0.39 is 5.91 Å². The zero-order chi connectivity index (χ0) is 14.8. The van der Waals surface area contributed by atoms with Gasteiger partial charge in [0.25, 0.3) is 5.91 Å². The molecule has 1 amide bonds. The molecule has 3 aromatic carbocycles. The van der Waals surface area contributed by atoms with Crippen molar-refractivity contribution in [3.8, 4) is 0 Å². The molecule has 0 atom stereocenters. The molecule has 0 saturated carbocycles.